The molecule has 1 aliphatic heterocycles. The molecule has 13 aromatic rings. The van der Waals surface area contributed by atoms with Crippen LogP contribution in [-0.4, -0.2) is 19.1 Å². The van der Waals surface area contributed by atoms with Gasteiger partial charge in [-0.2, -0.15) is 0 Å². The predicted octanol–water partition coefficient (Wildman–Crippen LogP) is 16.7. The summed E-state index contributed by atoms with van der Waals surface area (Å²) in [6.45, 7) is 0. The third-order valence-corrected chi connectivity index (χ3v) is 14.9. The summed E-state index contributed by atoms with van der Waals surface area (Å²) in [5.41, 5.74) is 19.2. The molecule has 0 amide bonds. The molecule has 0 saturated carbocycles. The SMILES string of the molecule is c1ccc(-n2c(-c3cc(-c4cccc(-c5ccc6c(c5)C5(c7ccccc7Oc7ccccc75)c5cc7ccccc7cc5-6)c4)cc(-c4nc5ccccc5n4-c4ccccc4)c3)nc3ccccc32)cc1. The molecule has 1 spiro atoms. The minimum Gasteiger partial charge on any atom is -0.457 e. The quantitative estimate of drug-likeness (QED) is 0.167. The first kappa shape index (κ1) is 40.3. The highest BCUT2D eigenvalue weighted by Gasteiger charge is 2.51. The van der Waals surface area contributed by atoms with Gasteiger partial charge in [0.25, 0.3) is 0 Å². The fourth-order valence-corrected chi connectivity index (χ4v) is 11.8. The summed E-state index contributed by atoms with van der Waals surface area (Å²) in [7, 11) is 0. The second kappa shape index (κ2) is 15.7. The first-order valence-corrected chi connectivity index (χ1v) is 24.5. The first-order chi connectivity index (χ1) is 35.7. The van der Waals surface area contributed by atoms with Gasteiger partial charge in [-0.15, -0.1) is 0 Å². The maximum absolute atomic E-state index is 6.73. The number of ether oxygens (including phenoxy) is 1. The van der Waals surface area contributed by atoms with Gasteiger partial charge in [-0.25, -0.2) is 9.97 Å². The van der Waals surface area contributed by atoms with Crippen LogP contribution in [0.3, 0.4) is 0 Å². The molecule has 0 atom stereocenters. The highest BCUT2D eigenvalue weighted by Crippen LogP contribution is 2.63. The lowest BCUT2D eigenvalue weighted by atomic mass is 9.65. The Morgan fingerprint density at radius 3 is 1.38 bits per heavy atom. The van der Waals surface area contributed by atoms with E-state index in [9.17, 15) is 0 Å². The Balaban J connectivity index is 0.953. The third-order valence-electron chi connectivity index (χ3n) is 14.9. The van der Waals surface area contributed by atoms with Crippen LogP contribution in [0.25, 0.3) is 100 Å². The number of hydrogen-bond acceptors (Lipinski definition) is 3. The molecule has 2 aliphatic rings. The molecule has 11 aromatic carbocycles. The summed E-state index contributed by atoms with van der Waals surface area (Å²) < 4.78 is 11.3. The number of hydrogen-bond donors (Lipinski definition) is 0. The zero-order chi connectivity index (χ0) is 47.3. The molecule has 0 fully saturated rings. The van der Waals surface area contributed by atoms with Gasteiger partial charge in [0.15, 0.2) is 0 Å². The molecule has 3 heterocycles. The van der Waals surface area contributed by atoms with Crippen molar-refractivity contribution in [1.82, 2.24) is 19.1 Å². The molecular weight excluding hydrogens is 877 g/mol. The van der Waals surface area contributed by atoms with E-state index in [1.807, 2.05) is 0 Å². The van der Waals surface area contributed by atoms with Crippen LogP contribution in [0.5, 0.6) is 11.5 Å². The summed E-state index contributed by atoms with van der Waals surface area (Å²) >= 11 is 0. The number of nitrogens with zero attached hydrogens (tertiary/aromatic N) is 4. The zero-order valence-electron chi connectivity index (χ0n) is 38.9. The van der Waals surface area contributed by atoms with Gasteiger partial charge >= 0.3 is 0 Å². The molecule has 0 saturated heterocycles. The van der Waals surface area contributed by atoms with Crippen LogP contribution in [0.15, 0.2) is 255 Å². The second-order valence-electron chi connectivity index (χ2n) is 18.9. The Labute approximate surface area is 416 Å². The second-order valence-corrected chi connectivity index (χ2v) is 18.9. The van der Waals surface area contributed by atoms with Crippen molar-refractivity contribution in [3.8, 4) is 79.0 Å². The summed E-state index contributed by atoms with van der Waals surface area (Å²) in [6.07, 6.45) is 0. The lowest BCUT2D eigenvalue weighted by Gasteiger charge is -2.39. The molecule has 15 rings (SSSR count). The number of imidazole rings is 2. The first-order valence-electron chi connectivity index (χ1n) is 24.5. The number of benzene rings is 11. The van der Waals surface area contributed by atoms with Crippen molar-refractivity contribution in [3.05, 3.63) is 277 Å². The van der Waals surface area contributed by atoms with E-state index >= 15 is 0 Å². The molecular formula is C67H42N4O. The van der Waals surface area contributed by atoms with Gasteiger partial charge < -0.3 is 4.74 Å². The number of para-hydroxylation sites is 8. The Kier molecular flexibility index (Phi) is 8.80. The fourth-order valence-electron chi connectivity index (χ4n) is 11.8. The van der Waals surface area contributed by atoms with Crippen LogP contribution in [-0.2, 0) is 5.41 Å². The van der Waals surface area contributed by atoms with Crippen LogP contribution in [0, 0.1) is 0 Å². The van der Waals surface area contributed by atoms with E-state index in [0.717, 1.165) is 101 Å². The van der Waals surface area contributed by atoms with Gasteiger partial charge in [0.1, 0.15) is 23.1 Å². The maximum atomic E-state index is 6.73. The van der Waals surface area contributed by atoms with E-state index in [1.165, 1.54) is 33.0 Å². The van der Waals surface area contributed by atoms with Crippen molar-refractivity contribution in [2.75, 3.05) is 0 Å². The third kappa shape index (κ3) is 6.01. The Hall–Kier alpha value is -9.58. The Morgan fingerprint density at radius 2 is 0.764 bits per heavy atom. The molecule has 2 aromatic heterocycles. The highest BCUT2D eigenvalue weighted by molar-refractivity contribution is 5.98. The molecule has 72 heavy (non-hydrogen) atoms. The lowest BCUT2D eigenvalue weighted by Crippen LogP contribution is -2.32. The summed E-state index contributed by atoms with van der Waals surface area (Å²) in [5.74, 6) is 3.48. The van der Waals surface area contributed by atoms with Gasteiger partial charge in [0.2, 0.25) is 0 Å². The Bertz CT molecular complexity index is 4140. The van der Waals surface area contributed by atoms with Gasteiger partial charge in [-0.1, -0.05) is 152 Å². The van der Waals surface area contributed by atoms with Crippen LogP contribution in [0.4, 0.5) is 0 Å². The molecule has 0 radical (unpaired) electrons. The van der Waals surface area contributed by atoms with Gasteiger partial charge in [-0.3, -0.25) is 9.13 Å². The summed E-state index contributed by atoms with van der Waals surface area (Å²) in [5, 5.41) is 2.45. The van der Waals surface area contributed by atoms with E-state index in [1.54, 1.807) is 0 Å². The number of aromatic nitrogens is 4. The molecule has 5 heteroatoms. The Morgan fingerprint density at radius 1 is 0.306 bits per heavy atom. The predicted molar refractivity (Wildman–Crippen MR) is 292 cm³/mol. The van der Waals surface area contributed by atoms with Gasteiger partial charge in [0, 0.05) is 33.6 Å². The minimum atomic E-state index is -0.606. The molecule has 0 unspecified atom stereocenters. The van der Waals surface area contributed by atoms with E-state index in [2.05, 4.69) is 264 Å². The monoisotopic (exact) mass is 918 g/mol. The fraction of sp³-hybridized carbons (Fsp3) is 0.0149. The van der Waals surface area contributed by atoms with Crippen molar-refractivity contribution >= 4 is 32.8 Å². The maximum Gasteiger partial charge on any atom is 0.145 e. The average Bonchev–Trinajstić information content (AvgIpc) is 4.12. The average molecular weight is 919 g/mol. The van der Waals surface area contributed by atoms with Gasteiger partial charge in [0.05, 0.1) is 27.5 Å². The lowest BCUT2D eigenvalue weighted by molar-refractivity contribution is 0.436. The number of fused-ring (bicyclic) bond motifs is 12. The summed E-state index contributed by atoms with van der Waals surface area (Å²) in [6, 6.07) is 91.6. The number of rotatable bonds is 6. The van der Waals surface area contributed by atoms with Crippen molar-refractivity contribution < 1.29 is 4.74 Å². The van der Waals surface area contributed by atoms with E-state index in [4.69, 9.17) is 14.7 Å². The largest absolute Gasteiger partial charge is 0.457 e. The summed E-state index contributed by atoms with van der Waals surface area (Å²) in [4.78, 5) is 10.8. The standard InChI is InChI=1S/C67H42N4O/c1-3-22-51(23-4-1)70-61-30-13-11-28-59(61)68-65(70)49-37-48(38-50(39-49)66-69-60-29-12-14-31-62(60)71(66)52-24-5-2-6-25-52)44-21-17-20-43(36-44)47-34-35-53-54-40-45-18-7-8-19-46(45)41-58(54)67(57(53)42-47)55-26-9-15-32-63(55)72-64-33-16-10-27-56(64)67/h1-42H. The van der Waals surface area contributed by atoms with E-state index in [-0.39, 0.29) is 0 Å². The van der Waals surface area contributed by atoms with E-state index < -0.39 is 5.41 Å². The molecule has 0 bridgehead atoms. The van der Waals surface area contributed by atoms with Crippen molar-refractivity contribution in [2.24, 2.45) is 0 Å². The smallest absolute Gasteiger partial charge is 0.145 e. The van der Waals surface area contributed by atoms with Crippen LogP contribution in [0.2, 0.25) is 0 Å². The van der Waals surface area contributed by atoms with Crippen molar-refractivity contribution in [2.45, 2.75) is 5.41 Å². The molecule has 336 valence electrons. The molecule has 5 nitrogen and oxygen atoms in total. The van der Waals surface area contributed by atoms with E-state index in [0.29, 0.717) is 0 Å². The minimum absolute atomic E-state index is 0.606. The van der Waals surface area contributed by atoms with Crippen molar-refractivity contribution in [1.29, 1.82) is 0 Å². The topological polar surface area (TPSA) is 44.9 Å². The molecule has 1 aliphatic carbocycles. The normalized spacial score (nSPS) is 12.9. The van der Waals surface area contributed by atoms with Crippen LogP contribution in [0.1, 0.15) is 22.3 Å². The molecule has 0 N–H and O–H groups in total. The van der Waals surface area contributed by atoms with Crippen molar-refractivity contribution in [3.63, 3.8) is 0 Å². The zero-order valence-corrected chi connectivity index (χ0v) is 38.9. The highest BCUT2D eigenvalue weighted by atomic mass is 16.5. The van der Waals surface area contributed by atoms with Gasteiger partial charge in [-0.05, 0) is 158 Å². The van der Waals surface area contributed by atoms with Crippen LogP contribution < -0.4 is 4.74 Å². The van der Waals surface area contributed by atoms with Crippen LogP contribution >= 0.6 is 0 Å².